The second kappa shape index (κ2) is 8.58. The molecule has 0 radical (unpaired) electrons. The van der Waals surface area contributed by atoms with Gasteiger partial charge in [-0.15, -0.1) is 0 Å². The first-order valence-electron chi connectivity index (χ1n) is 9.01. The van der Waals surface area contributed by atoms with E-state index in [0.29, 0.717) is 11.4 Å². The maximum absolute atomic E-state index is 13.4. The third kappa shape index (κ3) is 4.73. The topological polar surface area (TPSA) is 74.6 Å². The summed E-state index contributed by atoms with van der Waals surface area (Å²) in [6.45, 7) is 1.72. The monoisotopic (exact) mass is 435 g/mol. The number of nitrogens with one attached hydrogen (secondary N) is 1. The Morgan fingerprint density at radius 3 is 2.13 bits per heavy atom. The minimum atomic E-state index is -4.60. The van der Waals surface area contributed by atoms with E-state index in [1.54, 1.807) is 13.1 Å². The van der Waals surface area contributed by atoms with Gasteiger partial charge >= 0.3 is 6.18 Å². The van der Waals surface area contributed by atoms with Crippen LogP contribution >= 0.6 is 0 Å². The van der Waals surface area contributed by atoms with E-state index in [1.165, 1.54) is 50.4 Å². The van der Waals surface area contributed by atoms with Crippen LogP contribution in [0.3, 0.4) is 0 Å². The lowest BCUT2D eigenvalue weighted by Crippen LogP contribution is -2.14. The lowest BCUT2D eigenvalue weighted by Gasteiger charge is -2.15. The van der Waals surface area contributed by atoms with Gasteiger partial charge in [0.15, 0.2) is 11.5 Å². The number of amides is 1. The van der Waals surface area contributed by atoms with Gasteiger partial charge in [0.05, 0.1) is 38.9 Å². The Labute approximate surface area is 176 Å². The molecule has 1 heterocycles. The Bertz CT molecular complexity index is 1080. The molecule has 2 aromatic carbocycles. The van der Waals surface area contributed by atoms with Crippen molar-refractivity contribution in [3.8, 4) is 22.9 Å². The number of alkyl halides is 3. The number of aromatic nitrogens is 2. The Morgan fingerprint density at radius 1 is 1.00 bits per heavy atom. The van der Waals surface area contributed by atoms with Crippen molar-refractivity contribution in [3.05, 3.63) is 59.7 Å². The van der Waals surface area contributed by atoms with E-state index >= 15 is 0 Å². The summed E-state index contributed by atoms with van der Waals surface area (Å²) >= 11 is 0. The minimum absolute atomic E-state index is 0.0325. The highest BCUT2D eigenvalue weighted by Gasteiger charge is 2.31. The third-order valence-corrected chi connectivity index (χ3v) is 4.44. The van der Waals surface area contributed by atoms with Crippen LogP contribution in [-0.2, 0) is 6.18 Å². The summed E-state index contributed by atoms with van der Waals surface area (Å²) in [6, 6.07) is 6.08. The predicted molar refractivity (Wildman–Crippen MR) is 107 cm³/mol. The predicted octanol–water partition coefficient (Wildman–Crippen LogP) is 4.48. The molecule has 3 aromatic rings. The Hall–Kier alpha value is -3.69. The molecule has 3 rings (SSSR count). The van der Waals surface area contributed by atoms with E-state index in [1.807, 2.05) is 0 Å². The van der Waals surface area contributed by atoms with E-state index in [2.05, 4.69) is 10.3 Å². The molecule has 1 aromatic heterocycles. The summed E-state index contributed by atoms with van der Waals surface area (Å²) in [5, 5.41) is 2.50. The number of anilines is 1. The van der Waals surface area contributed by atoms with E-state index in [0.717, 1.165) is 12.1 Å². The minimum Gasteiger partial charge on any atom is -0.493 e. The molecule has 10 heteroatoms. The second-order valence-corrected chi connectivity index (χ2v) is 6.56. The van der Waals surface area contributed by atoms with Gasteiger partial charge in [-0.1, -0.05) is 0 Å². The standard InChI is InChI=1S/C21H20F3N3O4/c1-12-10-27(11-25-12)16-8-14(21(22,23)24)7-15(9-16)26-20(28)13-5-17(29-2)19(31-4)18(6-13)30-3/h5-11H,1-4H3,(H,26,28). The van der Waals surface area contributed by atoms with Crippen LogP contribution in [0.4, 0.5) is 18.9 Å². The van der Waals surface area contributed by atoms with Crippen LogP contribution in [0.5, 0.6) is 17.2 Å². The SMILES string of the molecule is COc1cc(C(=O)Nc2cc(-n3cnc(C)c3)cc(C(F)(F)F)c2)cc(OC)c1OC. The number of hydrogen-bond acceptors (Lipinski definition) is 5. The number of nitrogens with zero attached hydrogens (tertiary/aromatic N) is 2. The van der Waals surface area contributed by atoms with Crippen LogP contribution in [0.15, 0.2) is 42.9 Å². The average molecular weight is 435 g/mol. The molecule has 1 N–H and O–H groups in total. The summed E-state index contributed by atoms with van der Waals surface area (Å²) < 4.78 is 57.4. The first-order valence-corrected chi connectivity index (χ1v) is 9.01. The van der Waals surface area contributed by atoms with Crippen LogP contribution < -0.4 is 19.5 Å². The highest BCUT2D eigenvalue weighted by Crippen LogP contribution is 2.38. The summed E-state index contributed by atoms with van der Waals surface area (Å²) in [7, 11) is 4.21. The van der Waals surface area contributed by atoms with Crippen LogP contribution in [0.2, 0.25) is 0 Å². The Morgan fingerprint density at radius 2 is 1.65 bits per heavy atom. The fraction of sp³-hybridized carbons (Fsp3) is 0.238. The fourth-order valence-electron chi connectivity index (χ4n) is 2.97. The van der Waals surface area contributed by atoms with E-state index in [9.17, 15) is 18.0 Å². The molecule has 0 saturated heterocycles. The van der Waals surface area contributed by atoms with Crippen LogP contribution in [0.1, 0.15) is 21.6 Å². The summed E-state index contributed by atoms with van der Waals surface area (Å²) in [4.78, 5) is 16.8. The maximum Gasteiger partial charge on any atom is 0.416 e. The van der Waals surface area contributed by atoms with Crippen LogP contribution in [-0.4, -0.2) is 36.8 Å². The maximum atomic E-state index is 13.4. The number of halogens is 3. The summed E-state index contributed by atoms with van der Waals surface area (Å²) in [6.07, 6.45) is -1.62. The van der Waals surface area contributed by atoms with Gasteiger partial charge in [-0.2, -0.15) is 13.2 Å². The molecule has 0 fully saturated rings. The normalized spacial score (nSPS) is 11.2. The van der Waals surface area contributed by atoms with Gasteiger partial charge in [-0.3, -0.25) is 4.79 Å². The number of rotatable bonds is 6. The highest BCUT2D eigenvalue weighted by atomic mass is 19.4. The molecule has 0 spiro atoms. The van der Waals surface area contributed by atoms with Crippen molar-refractivity contribution >= 4 is 11.6 Å². The number of methoxy groups -OCH3 is 3. The third-order valence-electron chi connectivity index (χ3n) is 4.44. The molecule has 0 unspecified atom stereocenters. The number of aryl methyl sites for hydroxylation is 1. The lowest BCUT2D eigenvalue weighted by molar-refractivity contribution is -0.137. The van der Waals surface area contributed by atoms with Crippen molar-refractivity contribution in [2.24, 2.45) is 0 Å². The number of carbonyl (C=O) groups excluding carboxylic acids is 1. The Kier molecular flexibility index (Phi) is 6.09. The number of hydrogen-bond donors (Lipinski definition) is 1. The van der Waals surface area contributed by atoms with Gasteiger partial charge in [-0.25, -0.2) is 4.98 Å². The van der Waals surface area contributed by atoms with Crippen LogP contribution in [0, 0.1) is 6.92 Å². The van der Waals surface area contributed by atoms with E-state index < -0.39 is 17.6 Å². The van der Waals surface area contributed by atoms with Crippen molar-refractivity contribution in [3.63, 3.8) is 0 Å². The molecule has 0 atom stereocenters. The average Bonchev–Trinajstić information content (AvgIpc) is 3.18. The molecule has 0 bridgehead atoms. The van der Waals surface area contributed by atoms with Crippen molar-refractivity contribution in [1.82, 2.24) is 9.55 Å². The first kappa shape index (κ1) is 22.0. The molecule has 1 amide bonds. The van der Waals surface area contributed by atoms with Crippen molar-refractivity contribution in [1.29, 1.82) is 0 Å². The molecule has 7 nitrogen and oxygen atoms in total. The molecular weight excluding hydrogens is 415 g/mol. The largest absolute Gasteiger partial charge is 0.493 e. The Balaban J connectivity index is 2.01. The first-order chi connectivity index (χ1) is 14.7. The smallest absolute Gasteiger partial charge is 0.416 e. The van der Waals surface area contributed by atoms with Gasteiger partial charge in [0, 0.05) is 23.1 Å². The van der Waals surface area contributed by atoms with Crippen LogP contribution in [0.25, 0.3) is 5.69 Å². The number of carbonyl (C=O) groups is 1. The van der Waals surface area contributed by atoms with Crippen molar-refractivity contribution < 1.29 is 32.2 Å². The second-order valence-electron chi connectivity index (χ2n) is 6.56. The van der Waals surface area contributed by atoms with Crippen molar-refractivity contribution in [2.75, 3.05) is 26.6 Å². The van der Waals surface area contributed by atoms with Gasteiger partial charge in [0.2, 0.25) is 5.75 Å². The van der Waals surface area contributed by atoms with Gasteiger partial charge < -0.3 is 24.1 Å². The molecule has 0 aliphatic carbocycles. The molecular formula is C21H20F3N3O4. The number of imidazole rings is 1. The zero-order valence-corrected chi connectivity index (χ0v) is 17.2. The quantitative estimate of drug-likeness (QED) is 0.618. The molecule has 0 aliphatic rings. The lowest BCUT2D eigenvalue weighted by atomic mass is 10.1. The zero-order valence-electron chi connectivity index (χ0n) is 17.2. The summed E-state index contributed by atoms with van der Waals surface area (Å²) in [5.74, 6) is 0.126. The number of ether oxygens (including phenoxy) is 3. The highest BCUT2D eigenvalue weighted by molar-refractivity contribution is 6.05. The van der Waals surface area contributed by atoms with Gasteiger partial charge in [-0.05, 0) is 37.3 Å². The van der Waals surface area contributed by atoms with Gasteiger partial charge in [0.25, 0.3) is 5.91 Å². The van der Waals surface area contributed by atoms with E-state index in [-0.39, 0.29) is 28.4 Å². The van der Waals surface area contributed by atoms with Crippen molar-refractivity contribution in [2.45, 2.75) is 13.1 Å². The van der Waals surface area contributed by atoms with E-state index in [4.69, 9.17) is 14.2 Å². The zero-order chi connectivity index (χ0) is 22.8. The molecule has 164 valence electrons. The fourth-order valence-corrected chi connectivity index (χ4v) is 2.97. The molecule has 31 heavy (non-hydrogen) atoms. The summed E-state index contributed by atoms with van der Waals surface area (Å²) in [5.41, 5.74) is 0.0226. The van der Waals surface area contributed by atoms with Gasteiger partial charge in [0.1, 0.15) is 0 Å². The number of benzene rings is 2. The molecule has 0 saturated carbocycles. The molecule has 0 aliphatic heterocycles.